The third kappa shape index (κ3) is 3.70. The first-order chi connectivity index (χ1) is 8.69. The smallest absolute Gasteiger partial charge is 0.123 e. The molecule has 0 aromatic heterocycles. The van der Waals surface area contributed by atoms with Crippen molar-refractivity contribution in [2.45, 2.75) is 44.9 Å². The minimum Gasteiger partial charge on any atom is -0.493 e. The summed E-state index contributed by atoms with van der Waals surface area (Å²) < 4.78 is 6.80. The van der Waals surface area contributed by atoms with Crippen molar-refractivity contribution in [1.29, 1.82) is 0 Å². The van der Waals surface area contributed by atoms with E-state index in [9.17, 15) is 5.11 Å². The van der Waals surface area contributed by atoms with Gasteiger partial charge in [0.15, 0.2) is 0 Å². The van der Waals surface area contributed by atoms with Gasteiger partial charge in [0.25, 0.3) is 0 Å². The maximum atomic E-state index is 9.26. The van der Waals surface area contributed by atoms with Crippen LogP contribution in [0.1, 0.15) is 31.7 Å². The van der Waals surface area contributed by atoms with E-state index in [0.717, 1.165) is 42.6 Å². The molecule has 1 fully saturated rings. The summed E-state index contributed by atoms with van der Waals surface area (Å²) >= 11 is 3.49. The second-order valence-corrected chi connectivity index (χ2v) is 5.72. The Morgan fingerprint density at radius 1 is 1.44 bits per heavy atom. The lowest BCUT2D eigenvalue weighted by Gasteiger charge is -2.32. The van der Waals surface area contributed by atoms with Crippen LogP contribution in [-0.2, 0) is 6.54 Å². The van der Waals surface area contributed by atoms with Crippen molar-refractivity contribution in [3.63, 3.8) is 0 Å². The number of aliphatic hydroxyl groups is 1. The molecule has 0 amide bonds. The summed E-state index contributed by atoms with van der Waals surface area (Å²) in [5.74, 6) is 0.951. The van der Waals surface area contributed by atoms with Crippen LogP contribution in [0.2, 0.25) is 0 Å². The topological polar surface area (TPSA) is 41.5 Å². The van der Waals surface area contributed by atoms with Crippen LogP contribution in [0.3, 0.4) is 0 Å². The first-order valence-corrected chi connectivity index (χ1v) is 7.31. The molecular weight excluding hydrogens is 294 g/mol. The van der Waals surface area contributed by atoms with Gasteiger partial charge in [0.2, 0.25) is 0 Å². The van der Waals surface area contributed by atoms with Gasteiger partial charge in [0, 0.05) is 22.6 Å². The minimum absolute atomic E-state index is 0.110. The molecule has 100 valence electrons. The van der Waals surface area contributed by atoms with Crippen LogP contribution in [0.5, 0.6) is 5.75 Å². The number of halogens is 1. The van der Waals surface area contributed by atoms with Gasteiger partial charge in [-0.15, -0.1) is 0 Å². The molecule has 1 aromatic carbocycles. The predicted molar refractivity (Wildman–Crippen MR) is 75.8 cm³/mol. The van der Waals surface area contributed by atoms with E-state index in [2.05, 4.69) is 34.2 Å². The second-order valence-electron chi connectivity index (χ2n) is 4.80. The highest BCUT2D eigenvalue weighted by molar-refractivity contribution is 9.10. The molecule has 1 aromatic rings. The van der Waals surface area contributed by atoms with Gasteiger partial charge in [-0.1, -0.05) is 22.9 Å². The molecule has 0 bridgehead atoms. The lowest BCUT2D eigenvalue weighted by Crippen LogP contribution is -2.43. The van der Waals surface area contributed by atoms with Crippen LogP contribution < -0.4 is 10.1 Å². The fourth-order valence-electron chi connectivity index (χ4n) is 2.05. The first-order valence-electron chi connectivity index (χ1n) is 6.51. The molecule has 18 heavy (non-hydrogen) atoms. The molecule has 0 radical (unpaired) electrons. The molecule has 0 aliphatic heterocycles. The van der Waals surface area contributed by atoms with Crippen LogP contribution in [0, 0.1) is 0 Å². The zero-order valence-electron chi connectivity index (χ0n) is 10.7. The number of hydrogen-bond acceptors (Lipinski definition) is 3. The van der Waals surface area contributed by atoms with Gasteiger partial charge in [-0.05, 0) is 37.5 Å². The number of aliphatic hydroxyl groups excluding tert-OH is 1. The van der Waals surface area contributed by atoms with Crippen molar-refractivity contribution in [3.05, 3.63) is 28.2 Å². The van der Waals surface area contributed by atoms with Gasteiger partial charge >= 0.3 is 0 Å². The van der Waals surface area contributed by atoms with Gasteiger partial charge in [0.05, 0.1) is 12.7 Å². The molecule has 0 atom stereocenters. The maximum absolute atomic E-state index is 9.26. The number of rotatable bonds is 6. The molecule has 1 aliphatic rings. The van der Waals surface area contributed by atoms with Gasteiger partial charge in [-0.3, -0.25) is 0 Å². The third-order valence-electron chi connectivity index (χ3n) is 3.18. The molecule has 2 rings (SSSR count). The van der Waals surface area contributed by atoms with Crippen LogP contribution in [0.4, 0.5) is 0 Å². The highest BCUT2D eigenvalue weighted by Gasteiger charge is 2.26. The van der Waals surface area contributed by atoms with Crippen LogP contribution in [0.15, 0.2) is 22.7 Å². The molecule has 0 heterocycles. The molecular formula is C14H20BrNO2. The summed E-state index contributed by atoms with van der Waals surface area (Å²) in [6.45, 7) is 3.64. The minimum atomic E-state index is -0.110. The quantitative estimate of drug-likeness (QED) is 0.848. The first kappa shape index (κ1) is 13.8. The van der Waals surface area contributed by atoms with E-state index in [1.807, 2.05) is 12.1 Å². The molecule has 0 saturated heterocycles. The predicted octanol–water partition coefficient (Wildman–Crippen LogP) is 2.85. The van der Waals surface area contributed by atoms with Crippen molar-refractivity contribution in [2.24, 2.45) is 0 Å². The number of hydrogen-bond donors (Lipinski definition) is 2. The van der Waals surface area contributed by atoms with Crippen molar-refractivity contribution in [3.8, 4) is 5.75 Å². The van der Waals surface area contributed by atoms with E-state index in [4.69, 9.17) is 4.74 Å². The van der Waals surface area contributed by atoms with Crippen molar-refractivity contribution in [2.75, 3.05) is 6.61 Å². The standard InChI is InChI=1S/C14H20BrNO2/c1-2-5-18-14-4-3-11(15)6-10(14)9-16-12-7-13(17)8-12/h3-4,6,12-13,16-17H,2,5,7-9H2,1H3. The zero-order chi connectivity index (χ0) is 13.0. The SMILES string of the molecule is CCCOc1ccc(Br)cc1CNC1CC(O)C1. The lowest BCUT2D eigenvalue weighted by molar-refractivity contribution is 0.0618. The van der Waals surface area contributed by atoms with Crippen molar-refractivity contribution in [1.82, 2.24) is 5.32 Å². The van der Waals surface area contributed by atoms with Crippen LogP contribution >= 0.6 is 15.9 Å². The number of ether oxygens (including phenoxy) is 1. The van der Waals surface area contributed by atoms with E-state index in [-0.39, 0.29) is 6.10 Å². The van der Waals surface area contributed by atoms with E-state index in [1.165, 1.54) is 5.56 Å². The van der Waals surface area contributed by atoms with Crippen molar-refractivity contribution >= 4 is 15.9 Å². The Labute approximate surface area is 117 Å². The number of benzene rings is 1. The fourth-order valence-corrected chi connectivity index (χ4v) is 2.46. The average Bonchev–Trinajstić information content (AvgIpc) is 2.32. The Hall–Kier alpha value is -0.580. The summed E-state index contributed by atoms with van der Waals surface area (Å²) in [5, 5.41) is 12.7. The van der Waals surface area contributed by atoms with Crippen molar-refractivity contribution < 1.29 is 9.84 Å². The summed E-state index contributed by atoms with van der Waals surface area (Å²) in [7, 11) is 0. The van der Waals surface area contributed by atoms with Crippen LogP contribution in [0.25, 0.3) is 0 Å². The zero-order valence-corrected chi connectivity index (χ0v) is 12.2. The Bertz CT molecular complexity index is 391. The lowest BCUT2D eigenvalue weighted by atomic mass is 9.89. The Morgan fingerprint density at radius 2 is 2.22 bits per heavy atom. The highest BCUT2D eigenvalue weighted by atomic mass is 79.9. The Morgan fingerprint density at radius 3 is 2.89 bits per heavy atom. The molecule has 3 nitrogen and oxygen atoms in total. The van der Waals surface area contributed by atoms with Crippen LogP contribution in [-0.4, -0.2) is 23.9 Å². The van der Waals surface area contributed by atoms with Gasteiger partial charge in [-0.25, -0.2) is 0 Å². The Kier molecular flexibility index (Phi) is 5.03. The van der Waals surface area contributed by atoms with E-state index >= 15 is 0 Å². The summed E-state index contributed by atoms with van der Waals surface area (Å²) in [6.07, 6.45) is 2.62. The van der Waals surface area contributed by atoms with E-state index in [0.29, 0.717) is 6.04 Å². The van der Waals surface area contributed by atoms with Gasteiger partial charge in [0.1, 0.15) is 5.75 Å². The van der Waals surface area contributed by atoms with Gasteiger partial charge in [-0.2, -0.15) is 0 Å². The molecule has 2 N–H and O–H groups in total. The molecule has 1 aliphatic carbocycles. The fraction of sp³-hybridized carbons (Fsp3) is 0.571. The Balaban J connectivity index is 1.93. The summed E-state index contributed by atoms with van der Waals surface area (Å²) in [6, 6.07) is 6.54. The highest BCUT2D eigenvalue weighted by Crippen LogP contribution is 2.25. The molecule has 4 heteroatoms. The molecule has 1 saturated carbocycles. The summed E-state index contributed by atoms with van der Waals surface area (Å²) in [5.41, 5.74) is 1.17. The third-order valence-corrected chi connectivity index (χ3v) is 3.67. The molecule has 0 unspecified atom stereocenters. The van der Waals surface area contributed by atoms with E-state index in [1.54, 1.807) is 0 Å². The summed E-state index contributed by atoms with van der Waals surface area (Å²) in [4.78, 5) is 0. The largest absolute Gasteiger partial charge is 0.493 e. The molecule has 0 spiro atoms. The normalized spacial score (nSPS) is 22.6. The number of nitrogens with one attached hydrogen (secondary N) is 1. The average molecular weight is 314 g/mol. The van der Waals surface area contributed by atoms with E-state index < -0.39 is 0 Å². The monoisotopic (exact) mass is 313 g/mol. The second kappa shape index (κ2) is 6.55. The van der Waals surface area contributed by atoms with Gasteiger partial charge < -0.3 is 15.2 Å². The maximum Gasteiger partial charge on any atom is 0.123 e.